The van der Waals surface area contributed by atoms with Crippen molar-refractivity contribution in [2.75, 3.05) is 0 Å². The van der Waals surface area contributed by atoms with Crippen LogP contribution in [0.5, 0.6) is 23.0 Å². The Hall–Kier alpha value is -3.57. The molecule has 0 amide bonds. The molecule has 0 aliphatic carbocycles. The Morgan fingerprint density at radius 1 is 0.483 bits per heavy atom. The lowest BCUT2D eigenvalue weighted by Crippen LogP contribution is -2.04. The van der Waals surface area contributed by atoms with Gasteiger partial charge in [-0.2, -0.15) is 0 Å². The number of rotatable bonds is 6. The minimum Gasteiger partial charge on any atom is -0.457 e. The molecule has 4 aromatic carbocycles. The zero-order valence-corrected chi connectivity index (χ0v) is 16.3. The number of sulfone groups is 1. The summed E-state index contributed by atoms with van der Waals surface area (Å²) >= 11 is 0. The quantitative estimate of drug-likeness (QED) is 0.391. The van der Waals surface area contributed by atoms with Crippen molar-refractivity contribution in [3.8, 4) is 23.0 Å². The number of para-hydroxylation sites is 3. The van der Waals surface area contributed by atoms with Crippen LogP contribution in [0.3, 0.4) is 0 Å². The fraction of sp³-hybridized carbons (Fsp3) is 0. The van der Waals surface area contributed by atoms with Gasteiger partial charge in [0, 0.05) is 0 Å². The summed E-state index contributed by atoms with van der Waals surface area (Å²) in [5.41, 5.74) is 0. The van der Waals surface area contributed by atoms with Crippen LogP contribution in [0.25, 0.3) is 0 Å². The molecule has 5 heteroatoms. The van der Waals surface area contributed by atoms with Crippen molar-refractivity contribution >= 4 is 9.84 Å². The van der Waals surface area contributed by atoms with E-state index >= 15 is 0 Å². The van der Waals surface area contributed by atoms with Gasteiger partial charge in [0.05, 0.1) is 4.90 Å². The highest BCUT2D eigenvalue weighted by atomic mass is 32.2. The van der Waals surface area contributed by atoms with Crippen LogP contribution in [0.1, 0.15) is 0 Å². The molecule has 4 rings (SSSR count). The lowest BCUT2D eigenvalue weighted by molar-refractivity contribution is 0.467. The van der Waals surface area contributed by atoms with E-state index in [-0.39, 0.29) is 15.5 Å². The summed E-state index contributed by atoms with van der Waals surface area (Å²) < 4.78 is 37.9. The normalized spacial score (nSPS) is 11.0. The molecule has 0 radical (unpaired) electrons. The van der Waals surface area contributed by atoms with E-state index < -0.39 is 9.84 Å². The molecule has 144 valence electrons. The van der Waals surface area contributed by atoms with Gasteiger partial charge in [0.25, 0.3) is 0 Å². The second kappa shape index (κ2) is 8.20. The molecule has 4 nitrogen and oxygen atoms in total. The van der Waals surface area contributed by atoms with E-state index in [4.69, 9.17) is 9.47 Å². The Bertz CT molecular complexity index is 1190. The summed E-state index contributed by atoms with van der Waals surface area (Å²) in [7, 11) is -3.76. The zero-order chi connectivity index (χ0) is 20.1. The second-order valence-electron chi connectivity index (χ2n) is 6.25. The average Bonchev–Trinajstić information content (AvgIpc) is 2.76. The molecule has 4 aromatic rings. The predicted molar refractivity (Wildman–Crippen MR) is 111 cm³/mol. The summed E-state index contributed by atoms with van der Waals surface area (Å²) in [4.78, 5) is 0.280. The average molecular weight is 402 g/mol. The van der Waals surface area contributed by atoms with Gasteiger partial charge in [0.15, 0.2) is 0 Å². The van der Waals surface area contributed by atoms with Gasteiger partial charge in [-0.25, -0.2) is 8.42 Å². The number of benzene rings is 4. The minimum absolute atomic E-state index is 0.112. The van der Waals surface area contributed by atoms with Crippen LogP contribution < -0.4 is 9.47 Å². The van der Waals surface area contributed by atoms with Crippen molar-refractivity contribution in [2.24, 2.45) is 0 Å². The Morgan fingerprint density at radius 2 is 0.966 bits per heavy atom. The lowest BCUT2D eigenvalue weighted by atomic mass is 10.3. The monoisotopic (exact) mass is 402 g/mol. The zero-order valence-electron chi connectivity index (χ0n) is 15.4. The molecular weight excluding hydrogens is 384 g/mol. The van der Waals surface area contributed by atoms with Crippen LogP contribution in [0.4, 0.5) is 0 Å². The summed E-state index contributed by atoms with van der Waals surface area (Å²) in [5, 5.41) is 0. The topological polar surface area (TPSA) is 52.6 Å². The molecule has 0 atom stereocenters. The Labute approximate surface area is 169 Å². The predicted octanol–water partition coefficient (Wildman–Crippen LogP) is 6.10. The third-order valence-corrected chi connectivity index (χ3v) is 6.03. The maximum atomic E-state index is 13.2. The molecule has 0 unspecified atom stereocenters. The van der Waals surface area contributed by atoms with Crippen molar-refractivity contribution in [1.82, 2.24) is 0 Å². The van der Waals surface area contributed by atoms with E-state index in [1.807, 2.05) is 48.5 Å². The van der Waals surface area contributed by atoms with Crippen LogP contribution in [0, 0.1) is 0 Å². The van der Waals surface area contributed by atoms with E-state index in [0.717, 1.165) is 0 Å². The van der Waals surface area contributed by atoms with Crippen LogP contribution in [-0.4, -0.2) is 8.42 Å². The highest BCUT2D eigenvalue weighted by molar-refractivity contribution is 7.91. The van der Waals surface area contributed by atoms with Gasteiger partial charge in [-0.3, -0.25) is 0 Å². The molecule has 0 spiro atoms. The van der Waals surface area contributed by atoms with E-state index in [9.17, 15) is 8.42 Å². The molecule has 0 aromatic heterocycles. The Morgan fingerprint density at radius 3 is 1.59 bits per heavy atom. The molecule has 0 N–H and O–H groups in total. The van der Waals surface area contributed by atoms with Gasteiger partial charge < -0.3 is 9.47 Å². The van der Waals surface area contributed by atoms with Crippen molar-refractivity contribution in [3.05, 3.63) is 109 Å². The van der Waals surface area contributed by atoms with Gasteiger partial charge >= 0.3 is 0 Å². The first-order valence-electron chi connectivity index (χ1n) is 9.03. The highest BCUT2D eigenvalue weighted by Crippen LogP contribution is 2.33. The molecule has 0 saturated carbocycles. The van der Waals surface area contributed by atoms with Crippen LogP contribution >= 0.6 is 0 Å². The fourth-order valence-electron chi connectivity index (χ4n) is 2.81. The number of ether oxygens (including phenoxy) is 2. The van der Waals surface area contributed by atoms with Crippen molar-refractivity contribution in [1.29, 1.82) is 0 Å². The van der Waals surface area contributed by atoms with Gasteiger partial charge in [0.1, 0.15) is 27.9 Å². The molecule has 0 heterocycles. The minimum atomic E-state index is -3.76. The number of hydrogen-bond donors (Lipinski definition) is 0. The molecule has 0 saturated heterocycles. The fourth-order valence-corrected chi connectivity index (χ4v) is 4.19. The van der Waals surface area contributed by atoms with E-state index in [1.54, 1.807) is 48.5 Å². The van der Waals surface area contributed by atoms with E-state index in [2.05, 4.69) is 0 Å². The summed E-state index contributed by atoms with van der Waals surface area (Å²) in [6.07, 6.45) is 0. The van der Waals surface area contributed by atoms with Gasteiger partial charge in [-0.05, 0) is 60.7 Å². The van der Waals surface area contributed by atoms with Gasteiger partial charge in [-0.15, -0.1) is 0 Å². The van der Waals surface area contributed by atoms with Crippen molar-refractivity contribution in [3.63, 3.8) is 0 Å². The smallest absolute Gasteiger partial charge is 0.210 e. The molecular formula is C24H18O4S. The second-order valence-corrected chi connectivity index (χ2v) is 8.17. The Balaban J connectivity index is 1.62. The van der Waals surface area contributed by atoms with Crippen LogP contribution in [-0.2, 0) is 9.84 Å². The third kappa shape index (κ3) is 4.31. The summed E-state index contributed by atoms with van der Waals surface area (Å²) in [6, 6.07) is 31.4. The molecule has 0 aliphatic heterocycles. The SMILES string of the molecule is O=S(=O)(c1ccc(Oc2ccccc2)cc1)c1ccccc1Oc1ccccc1. The van der Waals surface area contributed by atoms with Gasteiger partial charge in [0.2, 0.25) is 9.84 Å². The van der Waals surface area contributed by atoms with Crippen LogP contribution in [0.15, 0.2) is 119 Å². The first-order chi connectivity index (χ1) is 14.1. The van der Waals surface area contributed by atoms with Crippen molar-refractivity contribution < 1.29 is 17.9 Å². The molecule has 0 bridgehead atoms. The molecule has 29 heavy (non-hydrogen) atoms. The highest BCUT2D eigenvalue weighted by Gasteiger charge is 2.22. The Kier molecular flexibility index (Phi) is 5.31. The maximum Gasteiger partial charge on any atom is 0.210 e. The first-order valence-corrected chi connectivity index (χ1v) is 10.5. The summed E-state index contributed by atoms with van der Waals surface area (Å²) in [5.74, 6) is 2.10. The molecule has 0 fully saturated rings. The van der Waals surface area contributed by atoms with Gasteiger partial charge in [-0.1, -0.05) is 48.5 Å². The van der Waals surface area contributed by atoms with E-state index in [1.165, 1.54) is 12.1 Å². The standard InChI is InChI=1S/C24H18O4S/c25-29(26,22-17-15-21(16-18-22)27-19-9-3-1-4-10-19)24-14-8-7-13-23(24)28-20-11-5-2-6-12-20/h1-18H. The van der Waals surface area contributed by atoms with E-state index in [0.29, 0.717) is 17.2 Å². The third-order valence-electron chi connectivity index (χ3n) is 4.22. The number of hydrogen-bond acceptors (Lipinski definition) is 4. The molecule has 0 aliphatic rings. The van der Waals surface area contributed by atoms with Crippen LogP contribution in [0.2, 0.25) is 0 Å². The first kappa shape index (κ1) is 18.8. The lowest BCUT2D eigenvalue weighted by Gasteiger charge is -2.12. The maximum absolute atomic E-state index is 13.2. The summed E-state index contributed by atoms with van der Waals surface area (Å²) in [6.45, 7) is 0. The largest absolute Gasteiger partial charge is 0.457 e. The van der Waals surface area contributed by atoms with Crippen molar-refractivity contribution in [2.45, 2.75) is 9.79 Å².